The van der Waals surface area contributed by atoms with E-state index in [9.17, 15) is 5.11 Å². The molecule has 3 atom stereocenters. The Hall–Kier alpha value is -0.860. The van der Waals surface area contributed by atoms with Gasteiger partial charge in [0.25, 0.3) is 0 Å². The minimum absolute atomic E-state index is 0.0661. The summed E-state index contributed by atoms with van der Waals surface area (Å²) < 4.78 is 0. The number of hydrogen-bond acceptors (Lipinski definition) is 2. The van der Waals surface area contributed by atoms with E-state index in [0.717, 1.165) is 19.4 Å². The average Bonchev–Trinajstić information content (AvgIpc) is 2.62. The Morgan fingerprint density at radius 1 is 1.00 bits per heavy atom. The van der Waals surface area contributed by atoms with Crippen LogP contribution in [0.15, 0.2) is 30.3 Å². The molecule has 1 N–H and O–H groups in total. The monoisotopic (exact) mass is 231 g/mol. The quantitative estimate of drug-likeness (QED) is 0.845. The van der Waals surface area contributed by atoms with Crippen LogP contribution in [0.25, 0.3) is 0 Å². The van der Waals surface area contributed by atoms with Gasteiger partial charge in [0, 0.05) is 18.6 Å². The zero-order valence-corrected chi connectivity index (χ0v) is 10.3. The van der Waals surface area contributed by atoms with Gasteiger partial charge >= 0.3 is 0 Å². The average molecular weight is 231 g/mol. The van der Waals surface area contributed by atoms with Gasteiger partial charge in [-0.15, -0.1) is 0 Å². The largest absolute Gasteiger partial charge is 0.393 e. The smallest absolute Gasteiger partial charge is 0.0555 e. The van der Waals surface area contributed by atoms with Crippen molar-refractivity contribution < 1.29 is 5.11 Å². The van der Waals surface area contributed by atoms with Crippen molar-refractivity contribution >= 4 is 0 Å². The summed E-state index contributed by atoms with van der Waals surface area (Å²) in [4.78, 5) is 2.63. The third-order valence-electron chi connectivity index (χ3n) is 4.36. The summed E-state index contributed by atoms with van der Waals surface area (Å²) in [7, 11) is 0. The molecule has 92 valence electrons. The van der Waals surface area contributed by atoms with Crippen LogP contribution in [0.5, 0.6) is 0 Å². The van der Waals surface area contributed by atoms with E-state index in [4.69, 9.17) is 0 Å². The molecular formula is C15H21NO. The van der Waals surface area contributed by atoms with Crippen LogP contribution in [0.1, 0.15) is 37.7 Å². The molecule has 0 saturated carbocycles. The van der Waals surface area contributed by atoms with Crippen LogP contribution in [0.3, 0.4) is 0 Å². The first-order valence-corrected chi connectivity index (χ1v) is 6.80. The Kier molecular flexibility index (Phi) is 3.17. The maximum atomic E-state index is 9.87. The molecule has 2 heteroatoms. The maximum absolute atomic E-state index is 9.87. The fourth-order valence-electron chi connectivity index (χ4n) is 3.45. The fourth-order valence-corrected chi connectivity index (χ4v) is 3.45. The van der Waals surface area contributed by atoms with Crippen LogP contribution in [0, 0.1) is 0 Å². The lowest BCUT2D eigenvalue weighted by molar-refractivity contribution is 0.129. The second-order valence-corrected chi connectivity index (χ2v) is 5.51. The Labute approximate surface area is 103 Å². The Morgan fingerprint density at radius 3 is 2.53 bits per heavy atom. The summed E-state index contributed by atoms with van der Waals surface area (Å²) in [6.07, 6.45) is 5.67. The normalized spacial score (nSPS) is 33.6. The number of aliphatic hydroxyl groups excluding tert-OH is 1. The number of fused-ring (bicyclic) bond motifs is 2. The number of nitrogens with zero attached hydrogens (tertiary/aromatic N) is 1. The number of benzene rings is 1. The fraction of sp³-hybridized carbons (Fsp3) is 0.600. The Morgan fingerprint density at radius 2 is 1.71 bits per heavy atom. The van der Waals surface area contributed by atoms with E-state index in [2.05, 4.69) is 35.2 Å². The van der Waals surface area contributed by atoms with Crippen LogP contribution < -0.4 is 0 Å². The van der Waals surface area contributed by atoms with Crippen molar-refractivity contribution in [3.63, 3.8) is 0 Å². The van der Waals surface area contributed by atoms with Gasteiger partial charge in [-0.3, -0.25) is 4.90 Å². The molecule has 2 heterocycles. The van der Waals surface area contributed by atoms with E-state index in [0.29, 0.717) is 12.1 Å². The van der Waals surface area contributed by atoms with Crippen LogP contribution in [0.2, 0.25) is 0 Å². The van der Waals surface area contributed by atoms with Crippen molar-refractivity contribution in [3.8, 4) is 0 Å². The maximum Gasteiger partial charge on any atom is 0.0555 e. The minimum atomic E-state index is -0.0661. The summed E-state index contributed by atoms with van der Waals surface area (Å²) in [6, 6.07) is 12.0. The highest BCUT2D eigenvalue weighted by atomic mass is 16.3. The summed E-state index contributed by atoms with van der Waals surface area (Å²) in [5.41, 5.74) is 1.40. The van der Waals surface area contributed by atoms with Crippen molar-refractivity contribution in [2.45, 2.75) is 56.8 Å². The molecule has 3 unspecified atom stereocenters. The predicted molar refractivity (Wildman–Crippen MR) is 68.7 cm³/mol. The molecule has 0 spiro atoms. The van der Waals surface area contributed by atoms with Gasteiger partial charge in [0.2, 0.25) is 0 Å². The number of rotatable bonds is 2. The van der Waals surface area contributed by atoms with Gasteiger partial charge in [-0.2, -0.15) is 0 Å². The highest BCUT2D eigenvalue weighted by Gasteiger charge is 2.36. The van der Waals surface area contributed by atoms with E-state index >= 15 is 0 Å². The van der Waals surface area contributed by atoms with Crippen molar-refractivity contribution in [1.82, 2.24) is 4.90 Å². The van der Waals surface area contributed by atoms with Gasteiger partial charge in [-0.1, -0.05) is 30.3 Å². The third kappa shape index (κ3) is 2.38. The number of aliphatic hydroxyl groups is 1. The van der Waals surface area contributed by atoms with E-state index in [-0.39, 0.29) is 6.10 Å². The zero-order valence-electron chi connectivity index (χ0n) is 10.3. The molecule has 2 nitrogen and oxygen atoms in total. The molecule has 1 aromatic carbocycles. The van der Waals surface area contributed by atoms with Crippen LogP contribution >= 0.6 is 0 Å². The molecule has 1 aromatic rings. The van der Waals surface area contributed by atoms with E-state index in [1.54, 1.807) is 0 Å². The van der Waals surface area contributed by atoms with Crippen molar-refractivity contribution in [1.29, 1.82) is 0 Å². The highest BCUT2D eigenvalue weighted by molar-refractivity contribution is 5.15. The minimum Gasteiger partial charge on any atom is -0.393 e. The summed E-state index contributed by atoms with van der Waals surface area (Å²) in [6.45, 7) is 1.06. The topological polar surface area (TPSA) is 23.5 Å². The van der Waals surface area contributed by atoms with Gasteiger partial charge in [0.15, 0.2) is 0 Å². The standard InChI is InChI=1S/C15H21NO/c17-15-9-8-13-6-7-14(10-15)16(13)11-12-4-2-1-3-5-12/h1-5,13-15,17H,6-11H2. The van der Waals surface area contributed by atoms with Gasteiger partial charge in [-0.25, -0.2) is 0 Å². The molecule has 2 fully saturated rings. The molecule has 2 bridgehead atoms. The molecule has 17 heavy (non-hydrogen) atoms. The highest BCUT2D eigenvalue weighted by Crippen LogP contribution is 2.35. The van der Waals surface area contributed by atoms with E-state index in [1.165, 1.54) is 24.8 Å². The molecule has 2 saturated heterocycles. The van der Waals surface area contributed by atoms with E-state index < -0.39 is 0 Å². The van der Waals surface area contributed by atoms with Crippen molar-refractivity contribution in [2.24, 2.45) is 0 Å². The second kappa shape index (κ2) is 4.79. The third-order valence-corrected chi connectivity index (χ3v) is 4.36. The first kappa shape index (κ1) is 11.2. The van der Waals surface area contributed by atoms with Crippen molar-refractivity contribution in [3.05, 3.63) is 35.9 Å². The first-order chi connectivity index (χ1) is 8.33. The summed E-state index contributed by atoms with van der Waals surface area (Å²) in [5, 5.41) is 9.87. The SMILES string of the molecule is OC1CCC2CCC(C1)N2Cc1ccccc1. The van der Waals surface area contributed by atoms with Crippen molar-refractivity contribution in [2.75, 3.05) is 0 Å². The molecule has 3 rings (SSSR count). The van der Waals surface area contributed by atoms with Gasteiger partial charge in [0.05, 0.1) is 6.10 Å². The summed E-state index contributed by atoms with van der Waals surface area (Å²) in [5.74, 6) is 0. The lowest BCUT2D eigenvalue weighted by Crippen LogP contribution is -2.34. The van der Waals surface area contributed by atoms with Gasteiger partial charge in [0.1, 0.15) is 0 Å². The molecular weight excluding hydrogens is 210 g/mol. The van der Waals surface area contributed by atoms with Gasteiger partial charge < -0.3 is 5.11 Å². The lowest BCUT2D eigenvalue weighted by atomic mass is 9.99. The summed E-state index contributed by atoms with van der Waals surface area (Å²) >= 11 is 0. The van der Waals surface area contributed by atoms with Gasteiger partial charge in [-0.05, 0) is 37.7 Å². The predicted octanol–water partition coefficient (Wildman–Crippen LogP) is 2.56. The second-order valence-electron chi connectivity index (χ2n) is 5.51. The Balaban J connectivity index is 1.74. The van der Waals surface area contributed by atoms with Crippen LogP contribution in [-0.2, 0) is 6.54 Å². The van der Waals surface area contributed by atoms with Crippen LogP contribution in [0.4, 0.5) is 0 Å². The molecule has 0 aromatic heterocycles. The van der Waals surface area contributed by atoms with E-state index in [1.807, 2.05) is 0 Å². The molecule has 2 aliphatic rings. The molecule has 0 radical (unpaired) electrons. The molecule has 2 aliphatic heterocycles. The number of hydrogen-bond donors (Lipinski definition) is 1. The molecule has 0 amide bonds. The first-order valence-electron chi connectivity index (χ1n) is 6.80. The lowest BCUT2D eigenvalue weighted by Gasteiger charge is -2.28. The Bertz CT molecular complexity index is 364. The zero-order chi connectivity index (χ0) is 11.7. The molecule has 0 aliphatic carbocycles. The van der Waals surface area contributed by atoms with Crippen LogP contribution in [-0.4, -0.2) is 28.2 Å².